The molecule has 1 saturated heterocycles. The second kappa shape index (κ2) is 6.52. The average molecular weight is 438 g/mol. The van der Waals surface area contributed by atoms with Crippen LogP contribution in [-0.2, 0) is 0 Å². The van der Waals surface area contributed by atoms with E-state index in [0.717, 1.165) is 17.7 Å². The summed E-state index contributed by atoms with van der Waals surface area (Å²) in [4.78, 5) is 2.03. The number of amidine groups is 1. The number of halogens is 2. The fourth-order valence-electron chi connectivity index (χ4n) is 3.06. The molecule has 3 N–H and O–H groups in total. The summed E-state index contributed by atoms with van der Waals surface area (Å²) in [6.07, 6.45) is 2.84. The SMILES string of the molecule is N=C(c1c(Cl)cccc1NSI)N1CC(O)CC1C1CC1. The molecule has 1 heterocycles. The molecule has 2 atom stereocenters. The quantitative estimate of drug-likeness (QED) is 0.289. The van der Waals surface area contributed by atoms with E-state index in [1.165, 1.54) is 22.0 Å². The number of aliphatic hydroxyl groups excluding tert-OH is 1. The van der Waals surface area contributed by atoms with Gasteiger partial charge >= 0.3 is 0 Å². The molecular formula is C14H17ClIN3OS. The number of rotatable bonds is 4. The van der Waals surface area contributed by atoms with Gasteiger partial charge in [0.2, 0.25) is 0 Å². The minimum Gasteiger partial charge on any atom is -0.391 e. The van der Waals surface area contributed by atoms with Gasteiger partial charge in [0.15, 0.2) is 0 Å². The molecule has 1 aliphatic heterocycles. The smallest absolute Gasteiger partial charge is 0.132 e. The van der Waals surface area contributed by atoms with Crippen molar-refractivity contribution in [1.29, 1.82) is 5.41 Å². The molecule has 0 bridgehead atoms. The van der Waals surface area contributed by atoms with Crippen LogP contribution in [0.3, 0.4) is 0 Å². The molecule has 114 valence electrons. The summed E-state index contributed by atoms with van der Waals surface area (Å²) in [6, 6.07) is 5.91. The van der Waals surface area contributed by atoms with Gasteiger partial charge in [0.05, 0.1) is 22.4 Å². The Morgan fingerprint density at radius 3 is 2.90 bits per heavy atom. The van der Waals surface area contributed by atoms with Crippen LogP contribution in [0.15, 0.2) is 18.2 Å². The van der Waals surface area contributed by atoms with Crippen molar-refractivity contribution in [3.05, 3.63) is 28.8 Å². The van der Waals surface area contributed by atoms with E-state index >= 15 is 0 Å². The Morgan fingerprint density at radius 1 is 1.48 bits per heavy atom. The highest BCUT2D eigenvalue weighted by Gasteiger charge is 2.43. The Kier molecular flexibility index (Phi) is 4.87. The number of hydrogen-bond donors (Lipinski definition) is 3. The number of likely N-dealkylation sites (tertiary alicyclic amines) is 1. The third-order valence-corrected chi connectivity index (χ3v) is 5.45. The van der Waals surface area contributed by atoms with Crippen LogP contribution in [-0.4, -0.2) is 34.5 Å². The maximum atomic E-state index is 9.99. The lowest BCUT2D eigenvalue weighted by atomic mass is 10.1. The van der Waals surface area contributed by atoms with Gasteiger partial charge in [0.25, 0.3) is 0 Å². The largest absolute Gasteiger partial charge is 0.391 e. The number of aliphatic hydroxyl groups is 1. The van der Waals surface area contributed by atoms with Crippen molar-refractivity contribution in [2.75, 3.05) is 11.3 Å². The Balaban J connectivity index is 1.90. The monoisotopic (exact) mass is 437 g/mol. The molecule has 3 rings (SSSR count). The molecule has 1 aliphatic carbocycles. The minimum absolute atomic E-state index is 0.281. The van der Waals surface area contributed by atoms with Crippen LogP contribution in [0.2, 0.25) is 5.02 Å². The topological polar surface area (TPSA) is 59.4 Å². The molecule has 1 aromatic carbocycles. The lowest BCUT2D eigenvalue weighted by molar-refractivity contribution is 0.187. The molecule has 2 fully saturated rings. The molecule has 4 nitrogen and oxygen atoms in total. The summed E-state index contributed by atoms with van der Waals surface area (Å²) in [6.45, 7) is 0.530. The van der Waals surface area contributed by atoms with Crippen molar-refractivity contribution in [3.8, 4) is 0 Å². The van der Waals surface area contributed by atoms with E-state index in [1.807, 2.05) is 23.1 Å². The van der Waals surface area contributed by atoms with Gasteiger partial charge in [0.1, 0.15) is 5.84 Å². The predicted molar refractivity (Wildman–Crippen MR) is 97.4 cm³/mol. The van der Waals surface area contributed by atoms with E-state index in [1.54, 1.807) is 0 Å². The van der Waals surface area contributed by atoms with Crippen LogP contribution < -0.4 is 4.72 Å². The first-order chi connectivity index (χ1) is 10.1. The van der Waals surface area contributed by atoms with Crippen molar-refractivity contribution >= 4 is 53.4 Å². The number of nitrogens with one attached hydrogen (secondary N) is 2. The summed E-state index contributed by atoms with van der Waals surface area (Å²) in [5.74, 6) is 1.04. The highest BCUT2D eigenvalue weighted by atomic mass is 127. The third-order valence-electron chi connectivity index (χ3n) is 4.17. The first-order valence-corrected chi connectivity index (χ1v) is 10.7. The maximum Gasteiger partial charge on any atom is 0.132 e. The molecule has 0 spiro atoms. The van der Waals surface area contributed by atoms with Crippen LogP contribution in [0.5, 0.6) is 0 Å². The Bertz CT molecular complexity index is 555. The van der Waals surface area contributed by atoms with E-state index in [0.29, 0.717) is 23.3 Å². The molecule has 7 heteroatoms. The van der Waals surface area contributed by atoms with E-state index in [2.05, 4.69) is 25.9 Å². The Morgan fingerprint density at radius 2 is 2.24 bits per heavy atom. The first kappa shape index (κ1) is 15.7. The van der Waals surface area contributed by atoms with E-state index < -0.39 is 0 Å². The molecule has 0 amide bonds. The number of β-amino-alcohol motifs (C(OH)–C–C–N with tert-alkyl or cyclic N) is 1. The highest BCUT2D eigenvalue weighted by Crippen LogP contribution is 2.41. The minimum atomic E-state index is -0.339. The molecule has 1 aromatic rings. The lowest BCUT2D eigenvalue weighted by Gasteiger charge is -2.28. The molecular weight excluding hydrogens is 421 g/mol. The van der Waals surface area contributed by atoms with E-state index in [-0.39, 0.29) is 12.1 Å². The zero-order valence-electron chi connectivity index (χ0n) is 11.4. The van der Waals surface area contributed by atoms with Crippen LogP contribution >= 0.6 is 41.9 Å². The molecule has 0 aromatic heterocycles. The van der Waals surface area contributed by atoms with E-state index in [4.69, 9.17) is 17.0 Å². The van der Waals surface area contributed by atoms with Crippen molar-refractivity contribution in [2.45, 2.75) is 31.4 Å². The normalized spacial score (nSPS) is 25.2. The van der Waals surface area contributed by atoms with Gasteiger partial charge < -0.3 is 14.7 Å². The fraction of sp³-hybridized carbons (Fsp3) is 0.500. The number of benzene rings is 1. The van der Waals surface area contributed by atoms with Gasteiger partial charge in [-0.1, -0.05) is 17.7 Å². The maximum absolute atomic E-state index is 9.99. The Labute approximate surface area is 145 Å². The molecule has 0 radical (unpaired) electrons. The summed E-state index contributed by atoms with van der Waals surface area (Å²) in [7, 11) is 1.45. The predicted octanol–water partition coefficient (Wildman–Crippen LogP) is 3.92. The van der Waals surface area contributed by atoms with Gasteiger partial charge in [0, 0.05) is 42.9 Å². The molecule has 2 aliphatic rings. The molecule has 2 unspecified atom stereocenters. The van der Waals surface area contributed by atoms with Crippen molar-refractivity contribution in [3.63, 3.8) is 0 Å². The van der Waals surface area contributed by atoms with Gasteiger partial charge in [-0.05, 0) is 37.3 Å². The second-order valence-corrected chi connectivity index (χ2v) is 7.72. The standard InChI is InChI=1S/C14H17ClIN3OS/c15-10-2-1-3-11(18-21-16)13(10)14(17)19-7-9(20)6-12(19)8-4-5-8/h1-3,8-9,12,17-18,20H,4-7H2. The zero-order valence-corrected chi connectivity index (χ0v) is 15.1. The van der Waals surface area contributed by atoms with Crippen molar-refractivity contribution in [2.24, 2.45) is 5.92 Å². The fourth-order valence-corrected chi connectivity index (χ4v) is 4.29. The number of hydrogen-bond acceptors (Lipinski definition) is 4. The lowest BCUT2D eigenvalue weighted by Crippen LogP contribution is -2.37. The van der Waals surface area contributed by atoms with Gasteiger partial charge in [-0.25, -0.2) is 0 Å². The number of nitrogens with zero attached hydrogens (tertiary/aromatic N) is 1. The summed E-state index contributed by atoms with van der Waals surface area (Å²) < 4.78 is 3.18. The summed E-state index contributed by atoms with van der Waals surface area (Å²) in [5, 5.41) is 19.2. The van der Waals surface area contributed by atoms with E-state index in [9.17, 15) is 5.11 Å². The zero-order chi connectivity index (χ0) is 15.0. The van der Waals surface area contributed by atoms with Gasteiger partial charge in [-0.2, -0.15) is 0 Å². The van der Waals surface area contributed by atoms with Gasteiger partial charge in [-0.15, -0.1) is 0 Å². The number of anilines is 1. The summed E-state index contributed by atoms with van der Waals surface area (Å²) >= 11 is 8.49. The first-order valence-electron chi connectivity index (χ1n) is 6.97. The summed E-state index contributed by atoms with van der Waals surface area (Å²) in [5.41, 5.74) is 1.57. The van der Waals surface area contributed by atoms with Crippen molar-refractivity contribution < 1.29 is 5.11 Å². The van der Waals surface area contributed by atoms with Crippen LogP contribution in [0.1, 0.15) is 24.8 Å². The molecule has 1 saturated carbocycles. The van der Waals surface area contributed by atoms with Crippen LogP contribution in [0.25, 0.3) is 0 Å². The van der Waals surface area contributed by atoms with Crippen molar-refractivity contribution in [1.82, 2.24) is 4.90 Å². The second-order valence-electron chi connectivity index (χ2n) is 5.64. The van der Waals surface area contributed by atoms with Crippen LogP contribution in [0.4, 0.5) is 5.69 Å². The molecule has 21 heavy (non-hydrogen) atoms. The van der Waals surface area contributed by atoms with Gasteiger partial charge in [-0.3, -0.25) is 5.41 Å². The third kappa shape index (κ3) is 3.28. The Hall–Kier alpha value is -0.180. The highest BCUT2D eigenvalue weighted by molar-refractivity contribution is 14.2. The van der Waals surface area contributed by atoms with Crippen LogP contribution in [0, 0.1) is 11.3 Å². The average Bonchev–Trinajstić information content (AvgIpc) is 3.21.